The summed E-state index contributed by atoms with van der Waals surface area (Å²) in [7, 11) is 3.47. The van der Waals surface area contributed by atoms with E-state index in [1.54, 1.807) is 12.0 Å². The summed E-state index contributed by atoms with van der Waals surface area (Å²) in [5.41, 5.74) is 10.2. The minimum atomic E-state index is -0.991. The van der Waals surface area contributed by atoms with Crippen molar-refractivity contribution in [2.45, 2.75) is 51.2 Å². The lowest BCUT2D eigenvalue weighted by atomic mass is 9.84. The summed E-state index contributed by atoms with van der Waals surface area (Å²) in [4.78, 5) is 36.0. The SMILES string of the molecule is COc1cccc(-c2ncc3c(n2)-c2c(c(C(=O)O)c(CC4(N)CN(C(=O)OC(C)(C)C)C4)n2C)CC3)c1. The molecule has 3 heterocycles. The van der Waals surface area contributed by atoms with Crippen LogP contribution >= 0.6 is 0 Å². The smallest absolute Gasteiger partial charge is 0.410 e. The molecule has 0 bridgehead atoms. The molecule has 1 aliphatic heterocycles. The van der Waals surface area contributed by atoms with Crippen LogP contribution in [0.5, 0.6) is 5.75 Å². The number of fused-ring (bicyclic) bond motifs is 3. The summed E-state index contributed by atoms with van der Waals surface area (Å²) in [5.74, 6) is 0.250. The number of ether oxygens (including phenoxy) is 2. The number of carboxylic acid groups (broad SMARTS) is 1. The number of rotatable bonds is 5. The summed E-state index contributed by atoms with van der Waals surface area (Å²) in [5, 5.41) is 10.2. The van der Waals surface area contributed by atoms with Crippen molar-refractivity contribution in [1.29, 1.82) is 0 Å². The molecule has 3 aromatic rings. The molecule has 0 saturated carbocycles. The maximum atomic E-state index is 12.5. The number of nitrogens with zero attached hydrogens (tertiary/aromatic N) is 4. The Balaban J connectivity index is 1.49. The second-order valence-electron chi connectivity index (χ2n) is 11.2. The molecule has 0 atom stereocenters. The number of nitrogens with two attached hydrogens (primary N) is 1. The van der Waals surface area contributed by atoms with Crippen LogP contribution in [0.1, 0.15) is 48.0 Å². The van der Waals surface area contributed by atoms with Crippen molar-refractivity contribution in [3.8, 4) is 28.5 Å². The minimum Gasteiger partial charge on any atom is -0.497 e. The standard InChI is InChI=1S/C28H33N5O5/c1-27(2,3)38-26(36)33-14-28(29,15-33)12-20-21(25(34)35)19-10-9-17-13-30-24(31-22(17)23(19)32(20)4)16-7-6-8-18(11-16)37-5/h6-8,11,13H,9-10,12,14-15,29H2,1-5H3,(H,34,35). The molecule has 1 aliphatic carbocycles. The molecule has 200 valence electrons. The van der Waals surface area contributed by atoms with Gasteiger partial charge in [0.15, 0.2) is 5.82 Å². The first-order chi connectivity index (χ1) is 17.9. The topological polar surface area (TPSA) is 133 Å². The number of methoxy groups -OCH3 is 1. The quantitative estimate of drug-likeness (QED) is 0.524. The molecule has 3 N–H and O–H groups in total. The normalized spacial score (nSPS) is 15.8. The summed E-state index contributed by atoms with van der Waals surface area (Å²) >= 11 is 0. The van der Waals surface area contributed by atoms with Gasteiger partial charge in [-0.05, 0) is 56.9 Å². The fourth-order valence-corrected chi connectivity index (χ4v) is 5.37. The number of carbonyl (C=O) groups is 2. The van der Waals surface area contributed by atoms with Crippen LogP contribution in [-0.2, 0) is 31.0 Å². The van der Waals surface area contributed by atoms with Gasteiger partial charge in [-0.1, -0.05) is 12.1 Å². The van der Waals surface area contributed by atoms with E-state index in [0.29, 0.717) is 36.5 Å². The molecular weight excluding hydrogens is 486 g/mol. The van der Waals surface area contributed by atoms with Crippen LogP contribution < -0.4 is 10.5 Å². The Morgan fingerprint density at radius 1 is 1.21 bits per heavy atom. The van der Waals surface area contributed by atoms with Crippen LogP contribution in [0.15, 0.2) is 30.5 Å². The first-order valence-electron chi connectivity index (χ1n) is 12.6. The molecule has 0 unspecified atom stereocenters. The molecule has 1 aromatic carbocycles. The van der Waals surface area contributed by atoms with Gasteiger partial charge in [0.05, 0.1) is 29.6 Å². The predicted molar refractivity (Wildman–Crippen MR) is 141 cm³/mol. The molecule has 5 rings (SSSR count). The molecule has 2 aliphatic rings. The zero-order valence-corrected chi connectivity index (χ0v) is 22.4. The third-order valence-corrected chi connectivity index (χ3v) is 7.07. The number of amides is 1. The third kappa shape index (κ3) is 4.60. The molecule has 1 fully saturated rings. The van der Waals surface area contributed by atoms with Gasteiger partial charge in [0.25, 0.3) is 0 Å². The lowest BCUT2D eigenvalue weighted by Crippen LogP contribution is -2.70. The molecule has 10 heteroatoms. The van der Waals surface area contributed by atoms with Crippen LogP contribution in [0.25, 0.3) is 22.8 Å². The number of benzene rings is 1. The lowest BCUT2D eigenvalue weighted by Gasteiger charge is -2.47. The maximum absolute atomic E-state index is 12.5. The van der Waals surface area contributed by atoms with E-state index < -0.39 is 23.2 Å². The molecule has 38 heavy (non-hydrogen) atoms. The van der Waals surface area contributed by atoms with Crippen LogP contribution in [0.4, 0.5) is 4.79 Å². The van der Waals surface area contributed by atoms with Crippen LogP contribution in [-0.4, -0.2) is 67.9 Å². The van der Waals surface area contributed by atoms with Crippen molar-refractivity contribution >= 4 is 12.1 Å². The van der Waals surface area contributed by atoms with E-state index in [0.717, 1.165) is 28.1 Å². The van der Waals surface area contributed by atoms with Gasteiger partial charge in [0.2, 0.25) is 0 Å². The maximum Gasteiger partial charge on any atom is 0.410 e. The highest BCUT2D eigenvalue weighted by molar-refractivity contribution is 5.94. The molecule has 0 spiro atoms. The Morgan fingerprint density at radius 3 is 2.61 bits per heavy atom. The Kier molecular flexibility index (Phi) is 6.18. The third-order valence-electron chi connectivity index (χ3n) is 7.07. The van der Waals surface area contributed by atoms with Gasteiger partial charge in [0.1, 0.15) is 11.4 Å². The Labute approximate surface area is 221 Å². The number of carboxylic acids is 1. The van der Waals surface area contributed by atoms with Gasteiger partial charge < -0.3 is 29.8 Å². The van der Waals surface area contributed by atoms with Crippen molar-refractivity contribution in [1.82, 2.24) is 19.4 Å². The Bertz CT molecular complexity index is 1430. The molecular formula is C28H33N5O5. The van der Waals surface area contributed by atoms with Crippen molar-refractivity contribution < 1.29 is 24.2 Å². The molecule has 1 amide bonds. The fraction of sp³-hybridized carbons (Fsp3) is 0.429. The van der Waals surface area contributed by atoms with Gasteiger partial charge >= 0.3 is 12.1 Å². The van der Waals surface area contributed by atoms with Crippen molar-refractivity contribution in [3.05, 3.63) is 52.8 Å². The molecule has 0 radical (unpaired) electrons. The Morgan fingerprint density at radius 2 is 1.95 bits per heavy atom. The number of likely N-dealkylation sites (tertiary alicyclic amines) is 1. The fourth-order valence-electron chi connectivity index (χ4n) is 5.37. The van der Waals surface area contributed by atoms with Crippen molar-refractivity contribution in [3.63, 3.8) is 0 Å². The molecule has 10 nitrogen and oxygen atoms in total. The van der Waals surface area contributed by atoms with Gasteiger partial charge in [-0.15, -0.1) is 0 Å². The second kappa shape index (κ2) is 9.13. The van der Waals surface area contributed by atoms with E-state index in [-0.39, 0.29) is 18.7 Å². The summed E-state index contributed by atoms with van der Waals surface area (Å²) in [6.45, 7) is 6.02. The largest absolute Gasteiger partial charge is 0.497 e. The van der Waals surface area contributed by atoms with E-state index in [4.69, 9.17) is 20.2 Å². The molecule has 1 saturated heterocycles. The first-order valence-corrected chi connectivity index (χ1v) is 12.6. The highest BCUT2D eigenvalue weighted by Gasteiger charge is 2.45. The van der Waals surface area contributed by atoms with Gasteiger partial charge in [-0.3, -0.25) is 0 Å². The number of aryl methyl sites for hydroxylation is 1. The average Bonchev–Trinajstić information content (AvgIpc) is 3.12. The van der Waals surface area contributed by atoms with Crippen molar-refractivity contribution in [2.24, 2.45) is 12.8 Å². The van der Waals surface area contributed by atoms with E-state index in [2.05, 4.69) is 4.98 Å². The van der Waals surface area contributed by atoms with Gasteiger partial charge in [-0.2, -0.15) is 0 Å². The zero-order valence-electron chi connectivity index (χ0n) is 22.4. The number of hydrogen-bond donors (Lipinski definition) is 2. The van der Waals surface area contributed by atoms with Gasteiger partial charge in [0, 0.05) is 44.0 Å². The highest BCUT2D eigenvalue weighted by Crippen LogP contribution is 2.39. The number of aromatic carboxylic acids is 1. The second-order valence-corrected chi connectivity index (χ2v) is 11.2. The predicted octanol–water partition coefficient (Wildman–Crippen LogP) is 3.45. The summed E-state index contributed by atoms with van der Waals surface area (Å²) in [6, 6.07) is 7.52. The number of carbonyl (C=O) groups excluding carboxylic acids is 1. The highest BCUT2D eigenvalue weighted by atomic mass is 16.6. The summed E-state index contributed by atoms with van der Waals surface area (Å²) < 4.78 is 12.7. The van der Waals surface area contributed by atoms with Crippen LogP contribution in [0.2, 0.25) is 0 Å². The monoisotopic (exact) mass is 519 g/mol. The lowest BCUT2D eigenvalue weighted by molar-refractivity contribution is -0.00824. The Hall–Kier alpha value is -3.92. The summed E-state index contributed by atoms with van der Waals surface area (Å²) in [6.07, 6.45) is 2.92. The number of hydrogen-bond acceptors (Lipinski definition) is 7. The zero-order chi connectivity index (χ0) is 27.4. The van der Waals surface area contributed by atoms with E-state index in [9.17, 15) is 14.7 Å². The van der Waals surface area contributed by atoms with E-state index in [1.807, 2.05) is 62.8 Å². The van der Waals surface area contributed by atoms with Crippen LogP contribution in [0.3, 0.4) is 0 Å². The minimum absolute atomic E-state index is 0.273. The first kappa shape index (κ1) is 25.7. The number of aromatic nitrogens is 3. The van der Waals surface area contributed by atoms with E-state index in [1.165, 1.54) is 0 Å². The molecule has 2 aromatic heterocycles. The van der Waals surface area contributed by atoms with Gasteiger partial charge in [-0.25, -0.2) is 19.6 Å². The average molecular weight is 520 g/mol. The van der Waals surface area contributed by atoms with Crippen LogP contribution in [0, 0.1) is 0 Å². The van der Waals surface area contributed by atoms with Crippen molar-refractivity contribution in [2.75, 3.05) is 20.2 Å². The van der Waals surface area contributed by atoms with E-state index >= 15 is 0 Å².